The number of carbonyl (C=O) groups is 1. The van der Waals surface area contributed by atoms with Crippen molar-refractivity contribution in [2.45, 2.75) is 6.92 Å². The molecule has 0 aromatic carbocycles. The zero-order valence-electron chi connectivity index (χ0n) is 8.36. The Hall–Kier alpha value is -1.40. The Bertz CT molecular complexity index is 604. The van der Waals surface area contributed by atoms with Crippen molar-refractivity contribution in [1.29, 1.82) is 0 Å². The van der Waals surface area contributed by atoms with Crippen molar-refractivity contribution < 1.29 is 4.79 Å². The number of anilines is 1. The van der Waals surface area contributed by atoms with Gasteiger partial charge in [-0.05, 0) is 6.92 Å². The van der Waals surface area contributed by atoms with E-state index in [0.717, 1.165) is 0 Å². The van der Waals surface area contributed by atoms with Gasteiger partial charge in [0, 0.05) is 18.0 Å². The largest absolute Gasteiger partial charge is 0.315 e. The fourth-order valence-corrected chi connectivity index (χ4v) is 2.26. The van der Waals surface area contributed by atoms with Crippen LogP contribution in [-0.4, -0.2) is 21.2 Å². The van der Waals surface area contributed by atoms with Crippen LogP contribution in [-0.2, 0) is 4.79 Å². The SMILES string of the molecule is Cc1cc(=O)n2cc(NC(=O)CCl)sc2n1. The molecule has 5 nitrogen and oxygen atoms in total. The topological polar surface area (TPSA) is 63.5 Å². The van der Waals surface area contributed by atoms with Crippen molar-refractivity contribution >= 4 is 38.8 Å². The third-order valence-corrected chi connectivity index (χ3v) is 3.02. The predicted molar refractivity (Wildman–Crippen MR) is 63.4 cm³/mol. The molecule has 1 N–H and O–H groups in total. The van der Waals surface area contributed by atoms with Crippen LogP contribution in [0.2, 0.25) is 0 Å². The second-order valence-electron chi connectivity index (χ2n) is 3.17. The number of amides is 1. The molecule has 0 aliphatic heterocycles. The van der Waals surface area contributed by atoms with Crippen molar-refractivity contribution in [3.8, 4) is 0 Å². The highest BCUT2D eigenvalue weighted by Crippen LogP contribution is 2.19. The molecule has 16 heavy (non-hydrogen) atoms. The molecular formula is C9H8ClN3O2S. The van der Waals surface area contributed by atoms with Crippen LogP contribution in [0, 0.1) is 6.92 Å². The minimum absolute atomic E-state index is 0.115. The second-order valence-corrected chi connectivity index (χ2v) is 4.44. The average molecular weight is 258 g/mol. The number of halogens is 1. The zero-order chi connectivity index (χ0) is 11.7. The third kappa shape index (κ3) is 2.07. The Kier molecular flexibility index (Phi) is 2.93. The number of hydrogen-bond acceptors (Lipinski definition) is 4. The number of thiazole rings is 1. The van der Waals surface area contributed by atoms with E-state index in [4.69, 9.17) is 11.6 Å². The molecule has 0 saturated heterocycles. The van der Waals surface area contributed by atoms with Gasteiger partial charge in [0.1, 0.15) is 10.9 Å². The summed E-state index contributed by atoms with van der Waals surface area (Å²) in [6, 6.07) is 1.44. The molecule has 1 amide bonds. The maximum atomic E-state index is 11.6. The van der Waals surface area contributed by atoms with Gasteiger partial charge < -0.3 is 5.32 Å². The molecular weight excluding hydrogens is 250 g/mol. The van der Waals surface area contributed by atoms with E-state index >= 15 is 0 Å². The smallest absolute Gasteiger partial charge is 0.258 e. The van der Waals surface area contributed by atoms with E-state index in [-0.39, 0.29) is 17.3 Å². The van der Waals surface area contributed by atoms with Crippen LogP contribution in [0.15, 0.2) is 17.1 Å². The first kappa shape index (κ1) is 11.1. The number of rotatable bonds is 2. The number of hydrogen-bond donors (Lipinski definition) is 1. The van der Waals surface area contributed by atoms with Crippen LogP contribution in [0.3, 0.4) is 0 Å². The lowest BCUT2D eigenvalue weighted by molar-refractivity contribution is -0.113. The number of nitrogens with one attached hydrogen (secondary N) is 1. The van der Waals surface area contributed by atoms with Gasteiger partial charge in [0.15, 0.2) is 4.96 Å². The number of nitrogens with zero attached hydrogens (tertiary/aromatic N) is 2. The van der Waals surface area contributed by atoms with Gasteiger partial charge in [-0.15, -0.1) is 11.6 Å². The molecule has 84 valence electrons. The van der Waals surface area contributed by atoms with Crippen molar-refractivity contribution in [1.82, 2.24) is 9.38 Å². The van der Waals surface area contributed by atoms with Crippen molar-refractivity contribution in [3.05, 3.63) is 28.3 Å². The van der Waals surface area contributed by atoms with E-state index in [1.165, 1.54) is 21.8 Å². The van der Waals surface area contributed by atoms with Crippen LogP contribution >= 0.6 is 22.9 Å². The van der Waals surface area contributed by atoms with Crippen LogP contribution < -0.4 is 10.9 Å². The first-order chi connectivity index (χ1) is 7.60. The molecule has 0 fully saturated rings. The molecule has 2 rings (SSSR count). The first-order valence-electron chi connectivity index (χ1n) is 4.46. The highest BCUT2D eigenvalue weighted by Gasteiger charge is 2.07. The maximum Gasteiger partial charge on any atom is 0.258 e. The summed E-state index contributed by atoms with van der Waals surface area (Å²) in [6.07, 6.45) is 1.54. The molecule has 0 spiro atoms. The standard InChI is InChI=1S/C9H8ClN3O2S/c1-5-2-8(15)13-4-7(12-6(14)3-10)16-9(13)11-5/h2,4H,3H2,1H3,(H,12,14). The second kappa shape index (κ2) is 4.23. The Morgan fingerprint density at radius 2 is 2.44 bits per heavy atom. The van der Waals surface area contributed by atoms with E-state index in [2.05, 4.69) is 10.3 Å². The Labute approximate surface area is 99.7 Å². The summed E-state index contributed by atoms with van der Waals surface area (Å²) in [5, 5.41) is 3.13. The fraction of sp³-hybridized carbons (Fsp3) is 0.222. The van der Waals surface area contributed by atoms with Gasteiger partial charge in [0.2, 0.25) is 5.91 Å². The van der Waals surface area contributed by atoms with Gasteiger partial charge in [0.05, 0.1) is 0 Å². The highest BCUT2D eigenvalue weighted by molar-refractivity contribution is 7.21. The summed E-state index contributed by atoms with van der Waals surface area (Å²) in [4.78, 5) is 27.4. The minimum Gasteiger partial charge on any atom is -0.315 e. The molecule has 2 aromatic rings. The van der Waals surface area contributed by atoms with E-state index in [0.29, 0.717) is 15.7 Å². The monoisotopic (exact) mass is 257 g/mol. The van der Waals surface area contributed by atoms with E-state index in [9.17, 15) is 9.59 Å². The molecule has 0 bridgehead atoms. The molecule has 7 heteroatoms. The Balaban J connectivity index is 2.48. The number of aromatic nitrogens is 2. The number of alkyl halides is 1. The number of aryl methyl sites for hydroxylation is 1. The quantitative estimate of drug-likeness (QED) is 0.824. The summed E-state index contributed by atoms with van der Waals surface area (Å²) in [5.74, 6) is -0.423. The van der Waals surface area contributed by atoms with Crippen LogP contribution in [0.1, 0.15) is 5.69 Å². The molecule has 0 aliphatic rings. The van der Waals surface area contributed by atoms with Crippen LogP contribution in [0.5, 0.6) is 0 Å². The molecule has 2 heterocycles. The van der Waals surface area contributed by atoms with Gasteiger partial charge in [-0.3, -0.25) is 14.0 Å². The Morgan fingerprint density at radius 3 is 3.12 bits per heavy atom. The van der Waals surface area contributed by atoms with E-state index in [1.807, 2.05) is 0 Å². The lowest BCUT2D eigenvalue weighted by atomic mass is 10.4. The van der Waals surface area contributed by atoms with Crippen LogP contribution in [0.4, 0.5) is 5.00 Å². The molecule has 0 atom stereocenters. The molecule has 0 aliphatic carbocycles. The molecule has 0 unspecified atom stereocenters. The zero-order valence-corrected chi connectivity index (χ0v) is 9.93. The maximum absolute atomic E-state index is 11.6. The molecule has 0 saturated carbocycles. The summed E-state index contributed by atoms with van der Waals surface area (Å²) in [5.41, 5.74) is 0.493. The average Bonchev–Trinajstić information content (AvgIpc) is 2.60. The summed E-state index contributed by atoms with van der Waals surface area (Å²) in [7, 11) is 0. The number of fused-ring (bicyclic) bond motifs is 1. The summed E-state index contributed by atoms with van der Waals surface area (Å²) >= 11 is 6.60. The third-order valence-electron chi connectivity index (χ3n) is 1.88. The predicted octanol–water partition coefficient (Wildman–Crippen LogP) is 1.24. The van der Waals surface area contributed by atoms with Crippen molar-refractivity contribution in [3.63, 3.8) is 0 Å². The van der Waals surface area contributed by atoms with Gasteiger partial charge >= 0.3 is 0 Å². The fourth-order valence-electron chi connectivity index (χ4n) is 1.24. The molecule has 2 aromatic heterocycles. The minimum atomic E-state index is -0.307. The van der Waals surface area contributed by atoms with Gasteiger partial charge in [0.25, 0.3) is 5.56 Å². The van der Waals surface area contributed by atoms with Crippen molar-refractivity contribution in [2.24, 2.45) is 0 Å². The summed E-state index contributed by atoms with van der Waals surface area (Å²) < 4.78 is 1.39. The van der Waals surface area contributed by atoms with Crippen LogP contribution in [0.25, 0.3) is 4.96 Å². The lowest BCUT2D eigenvalue weighted by Gasteiger charge is -1.94. The Morgan fingerprint density at radius 1 is 1.69 bits per heavy atom. The number of carbonyl (C=O) groups excluding carboxylic acids is 1. The molecule has 0 radical (unpaired) electrons. The van der Waals surface area contributed by atoms with E-state index < -0.39 is 0 Å². The van der Waals surface area contributed by atoms with Crippen molar-refractivity contribution in [2.75, 3.05) is 11.2 Å². The normalized spacial score (nSPS) is 10.6. The summed E-state index contributed by atoms with van der Waals surface area (Å²) in [6.45, 7) is 1.75. The highest BCUT2D eigenvalue weighted by atomic mass is 35.5. The van der Waals surface area contributed by atoms with E-state index in [1.54, 1.807) is 13.1 Å². The van der Waals surface area contributed by atoms with Gasteiger partial charge in [-0.25, -0.2) is 4.98 Å². The van der Waals surface area contributed by atoms with Gasteiger partial charge in [-0.2, -0.15) is 0 Å². The van der Waals surface area contributed by atoms with Gasteiger partial charge in [-0.1, -0.05) is 11.3 Å². The lowest BCUT2D eigenvalue weighted by Crippen LogP contribution is -2.13. The first-order valence-corrected chi connectivity index (χ1v) is 5.81.